The molecule has 0 aliphatic carbocycles. The summed E-state index contributed by atoms with van der Waals surface area (Å²) in [6, 6.07) is 9.87. The number of alkyl halides is 3. The van der Waals surface area contributed by atoms with E-state index in [0.29, 0.717) is 18.9 Å². The Hall–Kier alpha value is -1.84. The van der Waals surface area contributed by atoms with Crippen LogP contribution in [0, 0.1) is 0 Å². The van der Waals surface area contributed by atoms with Gasteiger partial charge in [0.15, 0.2) is 5.96 Å². The highest BCUT2D eigenvalue weighted by Gasteiger charge is 2.27. The first-order valence-electron chi connectivity index (χ1n) is 8.14. The Balaban J connectivity index is 1.69. The molecule has 0 amide bonds. The molecule has 0 aliphatic heterocycles. The summed E-state index contributed by atoms with van der Waals surface area (Å²) >= 11 is 1.53. The summed E-state index contributed by atoms with van der Waals surface area (Å²) in [4.78, 5) is 4.88. The molecule has 5 nitrogen and oxygen atoms in total. The van der Waals surface area contributed by atoms with Crippen molar-refractivity contribution in [2.45, 2.75) is 18.7 Å². The molecule has 0 fully saturated rings. The van der Waals surface area contributed by atoms with Gasteiger partial charge in [0.25, 0.3) is 0 Å². The lowest BCUT2D eigenvalue weighted by Gasteiger charge is -2.14. The Morgan fingerprint density at radius 3 is 2.77 bits per heavy atom. The average molecular weight is 389 g/mol. The Kier molecular flexibility index (Phi) is 7.67. The summed E-state index contributed by atoms with van der Waals surface area (Å²) in [7, 11) is 1.58. The van der Waals surface area contributed by atoms with Crippen LogP contribution >= 0.6 is 11.3 Å². The molecule has 9 heteroatoms. The van der Waals surface area contributed by atoms with Crippen LogP contribution in [0.5, 0.6) is 0 Å². The van der Waals surface area contributed by atoms with Gasteiger partial charge < -0.3 is 20.5 Å². The first-order valence-corrected chi connectivity index (χ1v) is 8.96. The molecular weight excluding hydrogens is 367 g/mol. The summed E-state index contributed by atoms with van der Waals surface area (Å²) in [5, 5.41) is 17.4. The van der Waals surface area contributed by atoms with Crippen LogP contribution in [0.4, 0.5) is 13.2 Å². The summed E-state index contributed by atoms with van der Waals surface area (Å²) in [6.45, 7) is -0.539. The highest BCUT2D eigenvalue weighted by Crippen LogP contribution is 2.29. The van der Waals surface area contributed by atoms with Crippen molar-refractivity contribution in [3.63, 3.8) is 0 Å². The van der Waals surface area contributed by atoms with E-state index < -0.39 is 18.9 Å². The number of guanidine groups is 1. The maximum Gasteiger partial charge on any atom is 0.411 e. The van der Waals surface area contributed by atoms with Gasteiger partial charge in [0, 0.05) is 36.3 Å². The number of aliphatic imine (C=N–C) groups is 1. The van der Waals surface area contributed by atoms with Gasteiger partial charge in [0.2, 0.25) is 0 Å². The minimum Gasteiger partial charge on any atom is -0.386 e. The predicted octanol–water partition coefficient (Wildman–Crippen LogP) is 3.07. The standard InChI is InChI=1S/C17H22F3N3O2S/c1-21-16(22-7-4-8-25-11-17(18,19)20)23-10-13(24)15-9-12-5-2-3-6-14(12)26-15/h2-3,5-6,9,13,24H,4,7-8,10-11H2,1H3,(H2,21,22,23). The van der Waals surface area contributed by atoms with Crippen LogP contribution in [0.3, 0.4) is 0 Å². The molecule has 1 atom stereocenters. The summed E-state index contributed by atoms with van der Waals surface area (Å²) in [5.41, 5.74) is 0. The molecular formula is C17H22F3N3O2S. The van der Waals surface area contributed by atoms with Crippen molar-refractivity contribution >= 4 is 27.4 Å². The van der Waals surface area contributed by atoms with Crippen molar-refractivity contribution in [1.29, 1.82) is 0 Å². The van der Waals surface area contributed by atoms with Gasteiger partial charge in [0.1, 0.15) is 12.7 Å². The fraction of sp³-hybridized carbons (Fsp3) is 0.471. The van der Waals surface area contributed by atoms with Crippen molar-refractivity contribution < 1.29 is 23.0 Å². The van der Waals surface area contributed by atoms with E-state index in [-0.39, 0.29) is 13.2 Å². The Morgan fingerprint density at radius 2 is 2.08 bits per heavy atom. The number of hydrogen-bond acceptors (Lipinski definition) is 4. The predicted molar refractivity (Wildman–Crippen MR) is 97.6 cm³/mol. The zero-order valence-electron chi connectivity index (χ0n) is 14.3. The third-order valence-corrected chi connectivity index (χ3v) is 4.70. The van der Waals surface area contributed by atoms with E-state index in [4.69, 9.17) is 0 Å². The lowest BCUT2D eigenvalue weighted by molar-refractivity contribution is -0.173. The van der Waals surface area contributed by atoms with Crippen LogP contribution < -0.4 is 10.6 Å². The van der Waals surface area contributed by atoms with Crippen LogP contribution in [-0.2, 0) is 4.74 Å². The molecule has 0 aliphatic rings. The van der Waals surface area contributed by atoms with Gasteiger partial charge in [-0.1, -0.05) is 18.2 Å². The Morgan fingerprint density at radius 1 is 1.31 bits per heavy atom. The fourth-order valence-electron chi connectivity index (χ4n) is 2.25. The van der Waals surface area contributed by atoms with E-state index in [1.54, 1.807) is 7.05 Å². The number of halogens is 3. The van der Waals surface area contributed by atoms with Crippen LogP contribution in [-0.4, -0.2) is 50.6 Å². The lowest BCUT2D eigenvalue weighted by atomic mass is 10.2. The summed E-state index contributed by atoms with van der Waals surface area (Å²) < 4.78 is 41.5. The van der Waals surface area contributed by atoms with E-state index in [1.165, 1.54) is 11.3 Å². The normalized spacial score (nSPS) is 13.8. The van der Waals surface area contributed by atoms with Crippen LogP contribution in [0.1, 0.15) is 17.4 Å². The first kappa shape index (κ1) is 20.5. The van der Waals surface area contributed by atoms with Gasteiger partial charge in [-0.25, -0.2) is 0 Å². The number of aliphatic hydroxyl groups excluding tert-OH is 1. The molecule has 26 heavy (non-hydrogen) atoms. The number of thiophene rings is 1. The number of hydrogen-bond donors (Lipinski definition) is 3. The Labute approximate surface area is 153 Å². The van der Waals surface area contributed by atoms with Crippen molar-refractivity contribution in [3.8, 4) is 0 Å². The number of rotatable bonds is 8. The number of benzene rings is 1. The van der Waals surface area contributed by atoms with Crippen LogP contribution in [0.25, 0.3) is 10.1 Å². The number of fused-ring (bicyclic) bond motifs is 1. The molecule has 0 bridgehead atoms. The lowest BCUT2D eigenvalue weighted by Crippen LogP contribution is -2.40. The van der Waals surface area contributed by atoms with E-state index in [9.17, 15) is 18.3 Å². The largest absolute Gasteiger partial charge is 0.411 e. The molecule has 1 aromatic heterocycles. The molecule has 1 aromatic carbocycles. The molecule has 0 spiro atoms. The zero-order valence-corrected chi connectivity index (χ0v) is 15.2. The number of aliphatic hydroxyl groups is 1. The summed E-state index contributed by atoms with van der Waals surface area (Å²) in [6.07, 6.45) is -4.57. The molecule has 2 aromatic rings. The third kappa shape index (κ3) is 6.81. The van der Waals surface area contributed by atoms with Crippen molar-refractivity contribution in [3.05, 3.63) is 35.2 Å². The molecule has 0 saturated heterocycles. The monoisotopic (exact) mass is 389 g/mol. The van der Waals surface area contributed by atoms with Gasteiger partial charge >= 0.3 is 6.18 Å². The zero-order chi connectivity index (χ0) is 19.0. The van der Waals surface area contributed by atoms with E-state index in [0.717, 1.165) is 15.0 Å². The minimum absolute atomic E-state index is 0.00785. The van der Waals surface area contributed by atoms with E-state index in [1.807, 2.05) is 30.3 Å². The van der Waals surface area contributed by atoms with Crippen molar-refractivity contribution in [2.75, 3.05) is 33.4 Å². The maximum atomic E-state index is 11.9. The molecule has 1 unspecified atom stereocenters. The second-order valence-corrected chi connectivity index (χ2v) is 6.72. The average Bonchev–Trinajstić information content (AvgIpc) is 3.03. The number of nitrogens with one attached hydrogen (secondary N) is 2. The van der Waals surface area contributed by atoms with Gasteiger partial charge in [-0.05, 0) is 23.9 Å². The van der Waals surface area contributed by atoms with Gasteiger partial charge in [-0.15, -0.1) is 11.3 Å². The first-order chi connectivity index (χ1) is 12.4. The topological polar surface area (TPSA) is 65.9 Å². The molecule has 1 heterocycles. The third-order valence-electron chi connectivity index (χ3n) is 3.48. The number of ether oxygens (including phenoxy) is 1. The van der Waals surface area contributed by atoms with Gasteiger partial charge in [-0.2, -0.15) is 13.2 Å². The molecule has 0 saturated carbocycles. The quantitative estimate of drug-likeness (QED) is 0.369. The van der Waals surface area contributed by atoms with Crippen LogP contribution in [0.15, 0.2) is 35.3 Å². The highest BCUT2D eigenvalue weighted by molar-refractivity contribution is 7.19. The van der Waals surface area contributed by atoms with Gasteiger partial charge in [0.05, 0.1) is 0 Å². The fourth-order valence-corrected chi connectivity index (χ4v) is 3.30. The maximum absolute atomic E-state index is 11.9. The second kappa shape index (κ2) is 9.75. The minimum atomic E-state index is -4.30. The molecule has 3 N–H and O–H groups in total. The highest BCUT2D eigenvalue weighted by atomic mass is 32.1. The SMILES string of the molecule is CN=C(NCCCOCC(F)(F)F)NCC(O)c1cc2ccccc2s1. The van der Waals surface area contributed by atoms with E-state index in [2.05, 4.69) is 20.4 Å². The second-order valence-electron chi connectivity index (χ2n) is 5.60. The van der Waals surface area contributed by atoms with Gasteiger partial charge in [-0.3, -0.25) is 4.99 Å². The molecule has 0 radical (unpaired) electrons. The Bertz CT molecular complexity index is 686. The van der Waals surface area contributed by atoms with Crippen LogP contribution in [0.2, 0.25) is 0 Å². The smallest absolute Gasteiger partial charge is 0.386 e. The summed E-state index contributed by atoms with van der Waals surface area (Å²) in [5.74, 6) is 0.473. The molecule has 144 valence electrons. The number of nitrogens with zero attached hydrogens (tertiary/aromatic N) is 1. The van der Waals surface area contributed by atoms with E-state index >= 15 is 0 Å². The van der Waals surface area contributed by atoms with Crippen molar-refractivity contribution in [2.24, 2.45) is 4.99 Å². The van der Waals surface area contributed by atoms with Crippen molar-refractivity contribution in [1.82, 2.24) is 10.6 Å². The molecule has 2 rings (SSSR count).